The summed E-state index contributed by atoms with van der Waals surface area (Å²) in [6, 6.07) is 4.40. The van der Waals surface area contributed by atoms with Crippen molar-refractivity contribution in [3.63, 3.8) is 0 Å². The van der Waals surface area contributed by atoms with Gasteiger partial charge in [-0.15, -0.1) is 0 Å². The molecule has 0 radical (unpaired) electrons. The smallest absolute Gasteiger partial charge is 0.361 e. The molecule has 1 aromatic carbocycles. The number of rotatable bonds is 27. The molecule has 0 unspecified atom stereocenters. The minimum absolute atomic E-state index is 0.135. The molecule has 0 aromatic heterocycles. The van der Waals surface area contributed by atoms with Gasteiger partial charge in [-0.1, -0.05) is 118 Å². The van der Waals surface area contributed by atoms with E-state index in [0.717, 1.165) is 38.5 Å². The van der Waals surface area contributed by atoms with E-state index in [4.69, 9.17) is 18.5 Å². The number of hydrogen-bond donors (Lipinski definition) is 0. The monoisotopic (exact) mass is 610 g/mol. The van der Waals surface area contributed by atoms with Crippen molar-refractivity contribution in [3.8, 4) is 0 Å². The van der Waals surface area contributed by atoms with Gasteiger partial charge < -0.3 is 18.5 Å². The van der Waals surface area contributed by atoms with Crippen molar-refractivity contribution in [1.82, 2.24) is 0 Å². The number of esters is 2. The molecule has 1 aromatic rings. The van der Waals surface area contributed by atoms with Gasteiger partial charge >= 0.3 is 19.5 Å². The van der Waals surface area contributed by atoms with Crippen molar-refractivity contribution >= 4 is 24.8 Å². The molecule has 1 rings (SSSR count). The Bertz CT molecular complexity index is 838. The van der Waals surface area contributed by atoms with Crippen molar-refractivity contribution < 1.29 is 32.7 Å². The Kier molecular flexibility index (Phi) is 22.6. The van der Waals surface area contributed by atoms with Gasteiger partial charge in [0.1, 0.15) is 0 Å². The minimum Gasteiger partial charge on any atom is -0.462 e. The van der Waals surface area contributed by atoms with Gasteiger partial charge in [-0.25, -0.2) is 9.59 Å². The molecule has 0 aliphatic heterocycles. The summed E-state index contributed by atoms with van der Waals surface area (Å²) in [6.07, 6.45) is 19.5. The van der Waals surface area contributed by atoms with Crippen LogP contribution in [-0.2, 0) is 23.1 Å². The zero-order valence-corrected chi connectivity index (χ0v) is 28.0. The number of carbonyl (C=O) groups excluding carboxylic acids is 2. The van der Waals surface area contributed by atoms with Crippen LogP contribution in [0.1, 0.15) is 164 Å². The molecular formula is C34H59O7P. The average molecular weight is 611 g/mol. The Labute approximate surface area is 256 Å². The highest BCUT2D eigenvalue weighted by atomic mass is 31.2. The van der Waals surface area contributed by atoms with Gasteiger partial charge in [0, 0.05) is 0 Å². The molecule has 0 bridgehead atoms. The van der Waals surface area contributed by atoms with Gasteiger partial charge in [-0.3, -0.25) is 4.57 Å². The van der Waals surface area contributed by atoms with Gasteiger partial charge in [0.25, 0.3) is 0 Å². The van der Waals surface area contributed by atoms with E-state index in [-0.39, 0.29) is 42.9 Å². The van der Waals surface area contributed by atoms with Crippen molar-refractivity contribution in [2.45, 2.75) is 143 Å². The predicted octanol–water partition coefficient (Wildman–Crippen LogP) is 9.95. The quantitative estimate of drug-likeness (QED) is 0.0556. The topological polar surface area (TPSA) is 88.1 Å². The Morgan fingerprint density at radius 1 is 0.500 bits per heavy atom. The van der Waals surface area contributed by atoms with Gasteiger partial charge in [0.15, 0.2) is 0 Å². The second-order valence-electron chi connectivity index (χ2n) is 11.2. The maximum Gasteiger partial charge on any atom is 0.361 e. The molecule has 8 heteroatoms. The summed E-state index contributed by atoms with van der Waals surface area (Å²) in [5.41, 5.74) is 0.270. The molecule has 0 aliphatic carbocycles. The lowest BCUT2D eigenvalue weighted by Gasteiger charge is -2.20. The van der Waals surface area contributed by atoms with E-state index in [1.54, 1.807) is 0 Å². The van der Waals surface area contributed by atoms with Crippen LogP contribution in [0.2, 0.25) is 0 Å². The first kappa shape index (κ1) is 38.3. The normalized spacial score (nSPS) is 11.5. The summed E-state index contributed by atoms with van der Waals surface area (Å²) < 4.78 is 36.9. The molecule has 0 saturated carbocycles. The number of unbranched alkanes of at least 4 members (excludes halogenated alkanes) is 14. The third-order valence-corrected chi connectivity index (χ3v) is 9.03. The molecule has 0 aliphatic rings. The zero-order valence-electron chi connectivity index (χ0n) is 27.1. The Hall–Kier alpha value is -1.69. The first-order chi connectivity index (χ1) is 20.4. The molecule has 0 spiro atoms. The SMILES string of the molecule is CCCCCCCCCCOP(=O)(OCCCCCCCCCC)c1cc(C(=O)OCCC)cc(C(=O)OCCC)c1. The fourth-order valence-corrected chi connectivity index (χ4v) is 6.29. The van der Waals surface area contributed by atoms with E-state index >= 15 is 0 Å². The first-order valence-electron chi connectivity index (χ1n) is 16.8. The Balaban J connectivity index is 2.99. The van der Waals surface area contributed by atoms with E-state index in [2.05, 4.69) is 13.8 Å². The van der Waals surface area contributed by atoms with Crippen molar-refractivity contribution in [3.05, 3.63) is 29.3 Å². The number of carbonyl (C=O) groups is 2. The Morgan fingerprint density at radius 2 is 0.857 bits per heavy atom. The van der Waals surface area contributed by atoms with Crippen LogP contribution in [0.5, 0.6) is 0 Å². The highest BCUT2D eigenvalue weighted by molar-refractivity contribution is 7.62. The van der Waals surface area contributed by atoms with Gasteiger partial charge in [-0.2, -0.15) is 0 Å². The summed E-state index contributed by atoms with van der Waals surface area (Å²) in [7, 11) is -3.81. The van der Waals surface area contributed by atoms with Crippen LogP contribution < -0.4 is 5.30 Å². The average Bonchev–Trinajstić information content (AvgIpc) is 3.00. The molecule has 0 heterocycles. The molecule has 0 fully saturated rings. The van der Waals surface area contributed by atoms with Crippen LogP contribution in [0.15, 0.2) is 18.2 Å². The van der Waals surface area contributed by atoms with Crippen molar-refractivity contribution in [1.29, 1.82) is 0 Å². The van der Waals surface area contributed by atoms with Crippen LogP contribution in [0, 0.1) is 0 Å². The number of benzene rings is 1. The predicted molar refractivity (Wildman–Crippen MR) is 172 cm³/mol. The van der Waals surface area contributed by atoms with Crippen LogP contribution in [0.25, 0.3) is 0 Å². The lowest BCUT2D eigenvalue weighted by Crippen LogP contribution is -2.18. The zero-order chi connectivity index (χ0) is 30.9. The second kappa shape index (κ2) is 24.7. The van der Waals surface area contributed by atoms with E-state index in [9.17, 15) is 14.2 Å². The standard InChI is InChI=1S/C34H59O7P/c1-5-9-11-13-15-17-19-21-25-40-42(37,41-26-22-20-18-16-14-12-10-6-2)32-28-30(33(35)38-23-7-3)27-31(29-32)34(36)39-24-8-4/h27-29H,5-26H2,1-4H3. The molecule has 0 atom stereocenters. The van der Waals surface area contributed by atoms with E-state index in [0.29, 0.717) is 12.8 Å². The highest BCUT2D eigenvalue weighted by Crippen LogP contribution is 2.48. The summed E-state index contributed by atoms with van der Waals surface area (Å²) in [4.78, 5) is 25.6. The molecule has 42 heavy (non-hydrogen) atoms. The van der Waals surface area contributed by atoms with Crippen LogP contribution in [-0.4, -0.2) is 38.4 Å². The summed E-state index contributed by atoms with van der Waals surface area (Å²) >= 11 is 0. The third kappa shape index (κ3) is 16.8. The molecule has 7 nitrogen and oxygen atoms in total. The van der Waals surface area contributed by atoms with E-state index < -0.39 is 19.5 Å². The van der Waals surface area contributed by atoms with Gasteiger partial charge in [0.05, 0.1) is 42.9 Å². The highest BCUT2D eigenvalue weighted by Gasteiger charge is 2.30. The van der Waals surface area contributed by atoms with Crippen LogP contribution in [0.4, 0.5) is 0 Å². The van der Waals surface area contributed by atoms with Gasteiger partial charge in [0.2, 0.25) is 0 Å². The summed E-state index contributed by atoms with van der Waals surface area (Å²) in [5.74, 6) is -1.16. The van der Waals surface area contributed by atoms with Crippen molar-refractivity contribution in [2.24, 2.45) is 0 Å². The number of hydrogen-bond acceptors (Lipinski definition) is 7. The summed E-state index contributed by atoms with van der Waals surface area (Å²) in [5, 5.41) is 0.191. The maximum absolute atomic E-state index is 14.3. The fourth-order valence-electron chi connectivity index (χ4n) is 4.59. The lowest BCUT2D eigenvalue weighted by atomic mass is 10.1. The first-order valence-corrected chi connectivity index (χ1v) is 18.3. The molecule has 0 saturated heterocycles. The van der Waals surface area contributed by atoms with Gasteiger partial charge in [-0.05, 0) is 43.9 Å². The third-order valence-electron chi connectivity index (χ3n) is 7.10. The largest absolute Gasteiger partial charge is 0.462 e. The van der Waals surface area contributed by atoms with Crippen LogP contribution >= 0.6 is 7.60 Å². The maximum atomic E-state index is 14.3. The fraction of sp³-hybridized carbons (Fsp3) is 0.765. The Morgan fingerprint density at radius 3 is 1.21 bits per heavy atom. The van der Waals surface area contributed by atoms with E-state index in [1.165, 1.54) is 82.4 Å². The molecular weight excluding hydrogens is 551 g/mol. The molecule has 0 amide bonds. The van der Waals surface area contributed by atoms with Crippen molar-refractivity contribution in [2.75, 3.05) is 26.4 Å². The van der Waals surface area contributed by atoms with Crippen LogP contribution in [0.3, 0.4) is 0 Å². The summed E-state index contributed by atoms with van der Waals surface area (Å²) in [6.45, 7) is 9.31. The molecule has 0 N–H and O–H groups in total. The minimum atomic E-state index is -3.81. The van der Waals surface area contributed by atoms with E-state index in [1.807, 2.05) is 13.8 Å². The lowest BCUT2D eigenvalue weighted by molar-refractivity contribution is 0.0503. The second-order valence-corrected chi connectivity index (χ2v) is 13.2. The molecule has 242 valence electrons. The number of ether oxygens (including phenoxy) is 2.